The third kappa shape index (κ3) is 2.91. The van der Waals surface area contributed by atoms with E-state index in [0.29, 0.717) is 16.5 Å². The van der Waals surface area contributed by atoms with Crippen molar-refractivity contribution in [2.75, 3.05) is 0 Å². The van der Waals surface area contributed by atoms with Gasteiger partial charge in [0.1, 0.15) is 5.82 Å². The molecule has 0 aliphatic carbocycles. The van der Waals surface area contributed by atoms with Gasteiger partial charge in [-0.05, 0) is 28.9 Å². The van der Waals surface area contributed by atoms with Crippen LogP contribution in [0.25, 0.3) is 0 Å². The first-order valence-corrected chi connectivity index (χ1v) is 7.34. The van der Waals surface area contributed by atoms with Crippen molar-refractivity contribution in [2.24, 2.45) is 5.73 Å². The molecule has 1 aromatic carbocycles. The van der Waals surface area contributed by atoms with Gasteiger partial charge in [-0.3, -0.25) is 0 Å². The molecule has 96 valence electrons. The predicted molar refractivity (Wildman–Crippen MR) is 76.6 cm³/mol. The van der Waals surface area contributed by atoms with E-state index in [1.54, 1.807) is 23.5 Å². The third-order valence-corrected chi connectivity index (χ3v) is 4.64. The monoisotopic (exact) mass is 348 g/mol. The molecule has 0 amide bonds. The molecule has 2 rings (SSSR count). The zero-order valence-corrected chi connectivity index (χ0v) is 12.7. The molecule has 1 aromatic heterocycles. The van der Waals surface area contributed by atoms with Crippen molar-refractivity contribution >= 4 is 38.9 Å². The summed E-state index contributed by atoms with van der Waals surface area (Å²) in [6.07, 6.45) is 0.499. The second kappa shape index (κ2) is 5.65. The van der Waals surface area contributed by atoms with E-state index in [1.807, 2.05) is 12.3 Å². The minimum Gasteiger partial charge on any atom is -0.324 e. The minimum atomic E-state index is -0.467. The van der Waals surface area contributed by atoms with Crippen molar-refractivity contribution in [3.8, 4) is 0 Å². The Labute approximate surface area is 122 Å². The van der Waals surface area contributed by atoms with Gasteiger partial charge in [-0.1, -0.05) is 17.7 Å². The topological polar surface area (TPSA) is 38.9 Å². The minimum absolute atomic E-state index is 0.0670. The fourth-order valence-electron chi connectivity index (χ4n) is 1.66. The molecule has 0 saturated carbocycles. The van der Waals surface area contributed by atoms with Crippen LogP contribution in [-0.4, -0.2) is 4.98 Å². The number of thiazole rings is 1. The summed E-state index contributed by atoms with van der Waals surface area (Å²) in [4.78, 5) is 4.32. The molecule has 0 bridgehead atoms. The number of aromatic nitrogens is 1. The average Bonchev–Trinajstić information content (AvgIpc) is 2.71. The lowest BCUT2D eigenvalue weighted by Crippen LogP contribution is -2.15. The maximum atomic E-state index is 14.0. The van der Waals surface area contributed by atoms with Gasteiger partial charge in [0, 0.05) is 27.9 Å². The number of nitrogens with zero attached hydrogens (tertiary/aromatic N) is 1. The summed E-state index contributed by atoms with van der Waals surface area (Å²) >= 11 is 10.6. The second-order valence-corrected chi connectivity index (χ2v) is 6.23. The van der Waals surface area contributed by atoms with Gasteiger partial charge in [0.15, 0.2) is 0 Å². The summed E-state index contributed by atoms with van der Waals surface area (Å²) in [5.74, 6) is -0.467. The maximum absolute atomic E-state index is 14.0. The summed E-state index contributed by atoms with van der Waals surface area (Å²) < 4.78 is 14.5. The van der Waals surface area contributed by atoms with Crippen LogP contribution in [-0.2, 0) is 6.42 Å². The van der Waals surface area contributed by atoms with Gasteiger partial charge in [0.05, 0.1) is 15.7 Å². The quantitative estimate of drug-likeness (QED) is 0.841. The lowest BCUT2D eigenvalue weighted by Gasteiger charge is -2.13. The fourth-order valence-corrected chi connectivity index (χ4v) is 2.77. The lowest BCUT2D eigenvalue weighted by molar-refractivity contribution is 0.578. The number of rotatable bonds is 3. The summed E-state index contributed by atoms with van der Waals surface area (Å²) in [5, 5.41) is 2.98. The molecule has 0 spiro atoms. The molecule has 0 aliphatic heterocycles. The first kappa shape index (κ1) is 13.9. The Kier molecular flexibility index (Phi) is 4.37. The Bertz CT molecular complexity index is 573. The molecule has 0 radical (unpaired) electrons. The molecule has 18 heavy (non-hydrogen) atoms. The second-order valence-electron chi connectivity index (χ2n) is 3.93. The highest BCUT2D eigenvalue weighted by Gasteiger charge is 2.17. The lowest BCUT2D eigenvalue weighted by atomic mass is 10.0. The Morgan fingerprint density at radius 2 is 2.28 bits per heavy atom. The van der Waals surface area contributed by atoms with Crippen molar-refractivity contribution < 1.29 is 4.39 Å². The van der Waals surface area contributed by atoms with E-state index in [4.69, 9.17) is 17.3 Å². The fraction of sp³-hybridized carbons (Fsp3) is 0.250. The molecule has 0 saturated heterocycles. The standard InChI is InChI=1S/C12H11BrClFN2S/c1-6-17-7(5-18-6)4-10(16)8-2-3-9(13)11(14)12(8)15/h2-3,5,10H,4,16H2,1H3. The molecule has 2 nitrogen and oxygen atoms in total. The van der Waals surface area contributed by atoms with E-state index in [2.05, 4.69) is 20.9 Å². The van der Waals surface area contributed by atoms with Crippen LogP contribution >= 0.6 is 38.9 Å². The largest absolute Gasteiger partial charge is 0.324 e. The van der Waals surface area contributed by atoms with Crippen LogP contribution in [0.4, 0.5) is 4.39 Å². The Morgan fingerprint density at radius 3 is 2.89 bits per heavy atom. The molecule has 6 heteroatoms. The molecule has 1 unspecified atom stereocenters. The van der Waals surface area contributed by atoms with Crippen LogP contribution in [0, 0.1) is 12.7 Å². The van der Waals surface area contributed by atoms with Crippen molar-refractivity contribution in [3.05, 3.63) is 49.1 Å². The number of halogens is 3. The summed E-state index contributed by atoms with van der Waals surface area (Å²) in [5.41, 5.74) is 7.30. The predicted octanol–water partition coefficient (Wildman–Crippen LogP) is 4.25. The Balaban J connectivity index is 2.24. The van der Waals surface area contributed by atoms with Crippen LogP contribution in [0.15, 0.2) is 22.0 Å². The van der Waals surface area contributed by atoms with E-state index in [-0.39, 0.29) is 5.02 Å². The van der Waals surface area contributed by atoms with Gasteiger partial charge in [0.2, 0.25) is 0 Å². The van der Waals surface area contributed by atoms with Crippen molar-refractivity contribution in [3.63, 3.8) is 0 Å². The molecule has 1 heterocycles. The third-order valence-electron chi connectivity index (χ3n) is 2.56. The highest BCUT2D eigenvalue weighted by atomic mass is 79.9. The molecule has 0 aliphatic rings. The van der Waals surface area contributed by atoms with Gasteiger partial charge >= 0.3 is 0 Å². The van der Waals surface area contributed by atoms with Gasteiger partial charge in [0.25, 0.3) is 0 Å². The smallest absolute Gasteiger partial charge is 0.147 e. The summed E-state index contributed by atoms with van der Waals surface area (Å²) in [6.45, 7) is 1.93. The average molecular weight is 350 g/mol. The van der Waals surface area contributed by atoms with Crippen molar-refractivity contribution in [1.82, 2.24) is 4.98 Å². The van der Waals surface area contributed by atoms with Crippen LogP contribution in [0.2, 0.25) is 5.02 Å². The normalized spacial score (nSPS) is 12.7. The zero-order chi connectivity index (χ0) is 13.3. The summed E-state index contributed by atoms with van der Waals surface area (Å²) in [7, 11) is 0. The van der Waals surface area contributed by atoms with E-state index in [0.717, 1.165) is 10.7 Å². The highest BCUT2D eigenvalue weighted by Crippen LogP contribution is 2.30. The Hall–Kier alpha value is -0.490. The SMILES string of the molecule is Cc1nc(CC(N)c2ccc(Br)c(Cl)c2F)cs1. The van der Waals surface area contributed by atoms with E-state index in [1.165, 1.54) is 0 Å². The maximum Gasteiger partial charge on any atom is 0.147 e. The number of benzene rings is 1. The van der Waals surface area contributed by atoms with E-state index >= 15 is 0 Å². The number of hydrogen-bond acceptors (Lipinski definition) is 3. The van der Waals surface area contributed by atoms with Gasteiger partial charge in [-0.15, -0.1) is 11.3 Å². The van der Waals surface area contributed by atoms with Crippen LogP contribution in [0.5, 0.6) is 0 Å². The van der Waals surface area contributed by atoms with Crippen LogP contribution in [0.3, 0.4) is 0 Å². The first-order valence-electron chi connectivity index (χ1n) is 5.29. The van der Waals surface area contributed by atoms with Crippen molar-refractivity contribution in [2.45, 2.75) is 19.4 Å². The molecular formula is C12H11BrClFN2S. The van der Waals surface area contributed by atoms with Gasteiger partial charge < -0.3 is 5.73 Å². The molecule has 0 fully saturated rings. The number of nitrogens with two attached hydrogens (primary N) is 1. The first-order chi connectivity index (χ1) is 8.49. The number of aryl methyl sites for hydroxylation is 1. The number of hydrogen-bond donors (Lipinski definition) is 1. The molecular weight excluding hydrogens is 339 g/mol. The van der Waals surface area contributed by atoms with Gasteiger partial charge in [-0.2, -0.15) is 0 Å². The van der Waals surface area contributed by atoms with E-state index in [9.17, 15) is 4.39 Å². The Morgan fingerprint density at radius 1 is 1.56 bits per heavy atom. The summed E-state index contributed by atoms with van der Waals surface area (Å²) in [6, 6.07) is 2.90. The van der Waals surface area contributed by atoms with Gasteiger partial charge in [-0.25, -0.2) is 9.37 Å². The van der Waals surface area contributed by atoms with E-state index < -0.39 is 11.9 Å². The zero-order valence-electron chi connectivity index (χ0n) is 9.58. The molecule has 1 atom stereocenters. The van der Waals surface area contributed by atoms with Crippen LogP contribution < -0.4 is 5.73 Å². The van der Waals surface area contributed by atoms with Crippen LogP contribution in [0.1, 0.15) is 22.3 Å². The van der Waals surface area contributed by atoms with Crippen molar-refractivity contribution in [1.29, 1.82) is 0 Å². The highest BCUT2D eigenvalue weighted by molar-refractivity contribution is 9.10. The molecule has 2 N–H and O–H groups in total. The molecule has 2 aromatic rings.